The molecule has 6 nitrogen and oxygen atoms in total. The predicted molar refractivity (Wildman–Crippen MR) is 110 cm³/mol. The lowest BCUT2D eigenvalue weighted by Gasteiger charge is -2.23. The van der Waals surface area contributed by atoms with Crippen molar-refractivity contribution >= 4 is 11.8 Å². The third-order valence-corrected chi connectivity index (χ3v) is 6.21. The second kappa shape index (κ2) is 9.39. The van der Waals surface area contributed by atoms with Crippen molar-refractivity contribution in [2.45, 2.75) is 96.2 Å². The molecule has 2 fully saturated rings. The average Bonchev–Trinajstić information content (AvgIpc) is 3.23. The van der Waals surface area contributed by atoms with Gasteiger partial charge < -0.3 is 15.2 Å². The third kappa shape index (κ3) is 4.83. The van der Waals surface area contributed by atoms with Gasteiger partial charge in [0, 0.05) is 30.5 Å². The van der Waals surface area contributed by atoms with Crippen LogP contribution in [0.4, 0.5) is 0 Å². The van der Waals surface area contributed by atoms with Crippen LogP contribution in [0.15, 0.2) is 17.2 Å². The van der Waals surface area contributed by atoms with E-state index in [4.69, 9.17) is 0 Å². The van der Waals surface area contributed by atoms with Crippen LogP contribution in [0.1, 0.15) is 105 Å². The molecule has 1 aromatic rings. The first kappa shape index (κ1) is 20.6. The molecular weight excluding hydrogens is 354 g/mol. The van der Waals surface area contributed by atoms with Gasteiger partial charge in [-0.05, 0) is 39.0 Å². The van der Waals surface area contributed by atoms with E-state index in [9.17, 15) is 14.4 Å². The molecule has 1 atom stereocenters. The molecule has 2 aliphatic rings. The van der Waals surface area contributed by atoms with Crippen LogP contribution in [-0.4, -0.2) is 28.5 Å². The first-order valence-corrected chi connectivity index (χ1v) is 10.9. The van der Waals surface area contributed by atoms with Gasteiger partial charge in [0.1, 0.15) is 11.1 Å². The smallest absolute Gasteiger partial charge is 0.256 e. The molecule has 3 rings (SSSR count). The van der Waals surface area contributed by atoms with Crippen LogP contribution in [0.2, 0.25) is 0 Å². The highest BCUT2D eigenvalue weighted by atomic mass is 16.2. The Labute approximate surface area is 167 Å². The van der Waals surface area contributed by atoms with Crippen molar-refractivity contribution in [3.8, 4) is 0 Å². The quantitative estimate of drug-likeness (QED) is 0.783. The summed E-state index contributed by atoms with van der Waals surface area (Å²) in [6.45, 7) is 3.89. The summed E-state index contributed by atoms with van der Waals surface area (Å²) in [7, 11) is 0. The molecule has 0 radical (unpaired) electrons. The highest BCUT2D eigenvalue weighted by Crippen LogP contribution is 2.29. The van der Waals surface area contributed by atoms with E-state index in [0.29, 0.717) is 0 Å². The summed E-state index contributed by atoms with van der Waals surface area (Å²) in [5.41, 5.74) is -0.305. The molecule has 1 aromatic heterocycles. The van der Waals surface area contributed by atoms with E-state index < -0.39 is 11.3 Å². The molecule has 2 amide bonds. The van der Waals surface area contributed by atoms with Gasteiger partial charge >= 0.3 is 0 Å². The van der Waals surface area contributed by atoms with Gasteiger partial charge in [0.15, 0.2) is 0 Å². The number of aromatic nitrogens is 1. The summed E-state index contributed by atoms with van der Waals surface area (Å²) in [5, 5.41) is 5.90. The third-order valence-electron chi connectivity index (χ3n) is 6.21. The monoisotopic (exact) mass is 387 g/mol. The van der Waals surface area contributed by atoms with Gasteiger partial charge in [-0.25, -0.2) is 0 Å². The maximum Gasteiger partial charge on any atom is 0.256 e. The van der Waals surface area contributed by atoms with Crippen LogP contribution in [0, 0.1) is 0 Å². The molecule has 2 saturated carbocycles. The molecule has 2 aliphatic carbocycles. The number of nitrogens with one attached hydrogen (secondary N) is 2. The normalized spacial score (nSPS) is 19.4. The minimum atomic E-state index is -0.469. The minimum absolute atomic E-state index is 0.0217. The first-order valence-electron chi connectivity index (χ1n) is 10.9. The van der Waals surface area contributed by atoms with E-state index in [-0.39, 0.29) is 35.2 Å². The summed E-state index contributed by atoms with van der Waals surface area (Å²) in [4.78, 5) is 38.6. The molecule has 28 heavy (non-hydrogen) atoms. The number of nitrogens with zero attached hydrogens (tertiary/aromatic N) is 1. The molecule has 154 valence electrons. The van der Waals surface area contributed by atoms with Crippen molar-refractivity contribution in [1.29, 1.82) is 0 Å². The second-order valence-corrected chi connectivity index (χ2v) is 8.39. The molecule has 6 heteroatoms. The van der Waals surface area contributed by atoms with Crippen LogP contribution < -0.4 is 16.1 Å². The Morgan fingerprint density at radius 1 is 1.00 bits per heavy atom. The van der Waals surface area contributed by atoms with Crippen molar-refractivity contribution in [2.24, 2.45) is 0 Å². The highest BCUT2D eigenvalue weighted by molar-refractivity contribution is 5.99. The Balaban J connectivity index is 1.91. The summed E-state index contributed by atoms with van der Waals surface area (Å²) in [6, 6.07) is 0.349. The lowest BCUT2D eigenvalue weighted by Crippen LogP contribution is -2.41. The van der Waals surface area contributed by atoms with Crippen LogP contribution in [-0.2, 0) is 0 Å². The van der Waals surface area contributed by atoms with E-state index in [1.54, 1.807) is 12.4 Å². The van der Waals surface area contributed by atoms with Crippen molar-refractivity contribution in [3.05, 3.63) is 33.7 Å². The molecule has 0 unspecified atom stereocenters. The molecule has 1 heterocycles. The SMILES string of the molecule is CC[C@H](C)NC(=O)c1cn(C2CCCC2)cc(C(=O)NC2CCCCC2)c1=O. The van der Waals surface area contributed by atoms with E-state index in [1.807, 2.05) is 18.4 Å². The average molecular weight is 388 g/mol. The Hall–Kier alpha value is -2.11. The molecule has 0 aromatic carbocycles. The number of carbonyl (C=O) groups is 2. The standard InChI is InChI=1S/C22H33N3O3/c1-3-15(2)23-21(27)18-13-25(17-11-7-8-12-17)14-19(20(18)26)22(28)24-16-9-5-4-6-10-16/h13-17H,3-12H2,1-2H3,(H,23,27)(H,24,28)/t15-/m0/s1. The largest absolute Gasteiger partial charge is 0.349 e. The number of hydrogen-bond acceptors (Lipinski definition) is 3. The number of amides is 2. The maximum absolute atomic E-state index is 13.0. The van der Waals surface area contributed by atoms with E-state index in [0.717, 1.165) is 57.8 Å². The van der Waals surface area contributed by atoms with Crippen LogP contribution in [0.25, 0.3) is 0 Å². The Morgan fingerprint density at radius 2 is 1.57 bits per heavy atom. The molecule has 0 bridgehead atoms. The fourth-order valence-electron chi connectivity index (χ4n) is 4.25. The van der Waals surface area contributed by atoms with Crippen LogP contribution in [0.5, 0.6) is 0 Å². The molecule has 2 N–H and O–H groups in total. The lowest BCUT2D eigenvalue weighted by atomic mass is 9.95. The molecule has 0 saturated heterocycles. The van der Waals surface area contributed by atoms with E-state index >= 15 is 0 Å². The second-order valence-electron chi connectivity index (χ2n) is 8.39. The molecule has 0 spiro atoms. The summed E-state index contributed by atoms with van der Waals surface area (Å²) in [6.07, 6.45) is 13.7. The molecular formula is C22H33N3O3. The van der Waals surface area contributed by atoms with Gasteiger partial charge in [0.05, 0.1) is 0 Å². The Bertz CT molecular complexity index is 759. The molecule has 0 aliphatic heterocycles. The van der Waals surface area contributed by atoms with E-state index in [1.165, 1.54) is 6.42 Å². The van der Waals surface area contributed by atoms with Gasteiger partial charge in [-0.1, -0.05) is 39.0 Å². The topological polar surface area (TPSA) is 80.2 Å². The summed E-state index contributed by atoms with van der Waals surface area (Å²) < 4.78 is 1.93. The van der Waals surface area contributed by atoms with Crippen molar-refractivity contribution in [2.75, 3.05) is 0 Å². The zero-order valence-corrected chi connectivity index (χ0v) is 17.1. The Kier molecular flexibility index (Phi) is 6.92. The highest BCUT2D eigenvalue weighted by Gasteiger charge is 2.25. The fourth-order valence-corrected chi connectivity index (χ4v) is 4.25. The fraction of sp³-hybridized carbons (Fsp3) is 0.682. The lowest BCUT2D eigenvalue weighted by molar-refractivity contribution is 0.0925. The number of carbonyl (C=O) groups excluding carboxylic acids is 2. The van der Waals surface area contributed by atoms with Crippen molar-refractivity contribution < 1.29 is 9.59 Å². The Morgan fingerprint density at radius 3 is 2.18 bits per heavy atom. The first-order chi connectivity index (χ1) is 13.5. The van der Waals surface area contributed by atoms with Gasteiger partial charge in [-0.3, -0.25) is 14.4 Å². The van der Waals surface area contributed by atoms with Gasteiger partial charge in [0.25, 0.3) is 11.8 Å². The predicted octanol–water partition coefficient (Wildman–Crippen LogP) is 3.55. The van der Waals surface area contributed by atoms with Gasteiger partial charge in [0.2, 0.25) is 5.43 Å². The number of rotatable bonds is 6. The zero-order valence-electron chi connectivity index (χ0n) is 17.1. The van der Waals surface area contributed by atoms with Crippen molar-refractivity contribution in [3.63, 3.8) is 0 Å². The summed E-state index contributed by atoms with van der Waals surface area (Å²) >= 11 is 0. The van der Waals surface area contributed by atoms with Gasteiger partial charge in [-0.2, -0.15) is 0 Å². The number of hydrogen-bond donors (Lipinski definition) is 2. The van der Waals surface area contributed by atoms with Gasteiger partial charge in [-0.15, -0.1) is 0 Å². The van der Waals surface area contributed by atoms with E-state index in [2.05, 4.69) is 10.6 Å². The number of pyridine rings is 1. The minimum Gasteiger partial charge on any atom is -0.349 e. The van der Waals surface area contributed by atoms with Crippen molar-refractivity contribution in [1.82, 2.24) is 15.2 Å². The van der Waals surface area contributed by atoms with Crippen LogP contribution in [0.3, 0.4) is 0 Å². The maximum atomic E-state index is 13.0. The summed E-state index contributed by atoms with van der Waals surface area (Å²) in [5.74, 6) is -0.736. The zero-order chi connectivity index (χ0) is 20.1. The van der Waals surface area contributed by atoms with Crippen LogP contribution >= 0.6 is 0 Å².